The van der Waals surface area contributed by atoms with Crippen LogP contribution in [0, 0.1) is 5.92 Å². The van der Waals surface area contributed by atoms with Crippen LogP contribution in [0.1, 0.15) is 0 Å². The van der Waals surface area contributed by atoms with E-state index in [0.29, 0.717) is 6.41 Å². The molecule has 0 aromatic rings. The van der Waals surface area contributed by atoms with E-state index in [0.717, 1.165) is 0 Å². The molecular formula is C7H11NO5. The normalized spacial score (nSPS) is 29.6. The summed E-state index contributed by atoms with van der Waals surface area (Å²) in [5, 5.41) is 20.1. The predicted octanol–water partition coefficient (Wildman–Crippen LogP) is -1.81. The molecule has 1 heterocycles. The van der Waals surface area contributed by atoms with Gasteiger partial charge in [0.1, 0.15) is 6.04 Å². The van der Waals surface area contributed by atoms with Crippen LogP contribution in [0.5, 0.6) is 0 Å². The van der Waals surface area contributed by atoms with Gasteiger partial charge in [-0.3, -0.25) is 4.79 Å². The number of carboxylic acids is 1. The third-order valence-corrected chi connectivity index (χ3v) is 2.03. The Morgan fingerprint density at radius 3 is 2.69 bits per heavy atom. The Balaban J connectivity index is 2.62. The van der Waals surface area contributed by atoms with Crippen LogP contribution >= 0.6 is 0 Å². The molecule has 0 spiro atoms. The molecule has 1 aliphatic rings. The molecule has 1 rings (SSSR count). The minimum Gasteiger partial charge on any atom is -0.480 e. The highest BCUT2D eigenvalue weighted by Crippen LogP contribution is 2.17. The smallest absolute Gasteiger partial charge is 0.326 e. The lowest BCUT2D eigenvalue weighted by molar-refractivity contribution is -0.143. The first-order valence-electron chi connectivity index (χ1n) is 3.85. The molecule has 6 nitrogen and oxygen atoms in total. The topological polar surface area (TPSA) is 95.9 Å². The molecule has 0 saturated carbocycles. The molecule has 1 amide bonds. The Labute approximate surface area is 74.5 Å². The summed E-state index contributed by atoms with van der Waals surface area (Å²) in [7, 11) is 0. The highest BCUT2D eigenvalue weighted by Gasteiger charge is 2.37. The molecular weight excluding hydrogens is 178 g/mol. The zero-order valence-electron chi connectivity index (χ0n) is 6.84. The molecule has 0 aromatic heterocycles. The van der Waals surface area contributed by atoms with Gasteiger partial charge in [0.25, 0.3) is 0 Å². The number of aliphatic hydroxyl groups excluding tert-OH is 1. The van der Waals surface area contributed by atoms with E-state index in [4.69, 9.17) is 9.84 Å². The number of amides is 1. The molecule has 0 aromatic carbocycles. The van der Waals surface area contributed by atoms with Gasteiger partial charge < -0.3 is 20.3 Å². The molecule has 74 valence electrons. The Kier molecular flexibility index (Phi) is 3.21. The summed E-state index contributed by atoms with van der Waals surface area (Å²) in [6.07, 6.45) is -0.516. The Bertz CT molecular complexity index is 207. The zero-order chi connectivity index (χ0) is 9.84. The molecule has 6 heteroatoms. The van der Waals surface area contributed by atoms with Crippen molar-refractivity contribution in [2.75, 3.05) is 13.2 Å². The van der Waals surface area contributed by atoms with Crippen molar-refractivity contribution in [1.29, 1.82) is 0 Å². The SMILES string of the molecule is O=CNC(C(=O)O)C1COCC1O. The molecule has 3 N–H and O–H groups in total. The number of ether oxygens (including phenoxy) is 1. The van der Waals surface area contributed by atoms with E-state index in [1.165, 1.54) is 0 Å². The van der Waals surface area contributed by atoms with Gasteiger partial charge >= 0.3 is 5.97 Å². The number of rotatable bonds is 4. The third kappa shape index (κ3) is 2.16. The van der Waals surface area contributed by atoms with Crippen molar-refractivity contribution in [2.24, 2.45) is 5.92 Å². The average molecular weight is 189 g/mol. The van der Waals surface area contributed by atoms with Crippen molar-refractivity contribution in [3.63, 3.8) is 0 Å². The molecule has 3 unspecified atom stereocenters. The maximum Gasteiger partial charge on any atom is 0.326 e. The molecule has 13 heavy (non-hydrogen) atoms. The van der Waals surface area contributed by atoms with E-state index < -0.39 is 24.0 Å². The van der Waals surface area contributed by atoms with E-state index in [-0.39, 0.29) is 13.2 Å². The summed E-state index contributed by atoms with van der Waals surface area (Å²) < 4.78 is 4.88. The number of aliphatic hydroxyl groups is 1. The van der Waals surface area contributed by atoms with Crippen molar-refractivity contribution in [2.45, 2.75) is 12.1 Å². The monoisotopic (exact) mass is 189 g/mol. The number of carbonyl (C=O) groups is 2. The minimum atomic E-state index is -1.17. The van der Waals surface area contributed by atoms with Crippen LogP contribution in [0.4, 0.5) is 0 Å². The lowest BCUT2D eigenvalue weighted by Crippen LogP contribution is -2.46. The van der Waals surface area contributed by atoms with Crippen molar-refractivity contribution in [1.82, 2.24) is 5.32 Å². The molecule has 3 atom stereocenters. The second-order valence-corrected chi connectivity index (χ2v) is 2.87. The number of hydrogen-bond donors (Lipinski definition) is 3. The maximum absolute atomic E-state index is 10.6. The van der Waals surface area contributed by atoms with Crippen molar-refractivity contribution in [3.8, 4) is 0 Å². The molecule has 0 bridgehead atoms. The minimum absolute atomic E-state index is 0.120. The number of carbonyl (C=O) groups excluding carboxylic acids is 1. The summed E-state index contributed by atoms with van der Waals surface area (Å²) in [6.45, 7) is 0.272. The van der Waals surface area contributed by atoms with Crippen LogP contribution in [0.2, 0.25) is 0 Å². The summed E-state index contributed by atoms with van der Waals surface area (Å²) in [4.78, 5) is 20.7. The lowest BCUT2D eigenvalue weighted by Gasteiger charge is -2.19. The standard InChI is InChI=1S/C7H11NO5/c9-3-8-6(7(11)12)4-1-13-2-5(4)10/h3-6,10H,1-2H2,(H,8,9)(H,11,12). The summed E-state index contributed by atoms with van der Waals surface area (Å²) in [6, 6.07) is -1.07. The molecule has 0 aliphatic carbocycles. The Hall–Kier alpha value is -1.14. The fourth-order valence-corrected chi connectivity index (χ4v) is 1.33. The van der Waals surface area contributed by atoms with Crippen LogP contribution in [-0.2, 0) is 14.3 Å². The molecule has 1 saturated heterocycles. The fraction of sp³-hybridized carbons (Fsp3) is 0.714. The number of hydrogen-bond acceptors (Lipinski definition) is 4. The van der Waals surface area contributed by atoms with Gasteiger partial charge in [-0.1, -0.05) is 0 Å². The first-order valence-corrected chi connectivity index (χ1v) is 3.85. The average Bonchev–Trinajstić information content (AvgIpc) is 2.47. The van der Waals surface area contributed by atoms with Crippen molar-refractivity contribution < 1.29 is 24.5 Å². The summed E-state index contributed by atoms with van der Waals surface area (Å²) >= 11 is 0. The highest BCUT2D eigenvalue weighted by atomic mass is 16.5. The number of aliphatic carboxylic acids is 1. The van der Waals surface area contributed by atoms with Crippen molar-refractivity contribution in [3.05, 3.63) is 0 Å². The number of carboxylic acid groups (broad SMARTS) is 1. The fourth-order valence-electron chi connectivity index (χ4n) is 1.33. The van der Waals surface area contributed by atoms with Gasteiger partial charge in [-0.15, -0.1) is 0 Å². The Morgan fingerprint density at radius 1 is 1.62 bits per heavy atom. The van der Waals surface area contributed by atoms with Crippen LogP contribution in [0.15, 0.2) is 0 Å². The predicted molar refractivity (Wildman–Crippen MR) is 40.9 cm³/mol. The van der Waals surface area contributed by atoms with Crippen LogP contribution in [-0.4, -0.2) is 48.0 Å². The summed E-state index contributed by atoms with van der Waals surface area (Å²) in [5.74, 6) is -1.73. The molecule has 0 radical (unpaired) electrons. The van der Waals surface area contributed by atoms with Gasteiger partial charge in [-0.05, 0) is 0 Å². The van der Waals surface area contributed by atoms with Crippen LogP contribution < -0.4 is 5.32 Å². The van der Waals surface area contributed by atoms with Crippen LogP contribution in [0.25, 0.3) is 0 Å². The first-order chi connectivity index (χ1) is 6.16. The lowest BCUT2D eigenvalue weighted by atomic mass is 9.97. The van der Waals surface area contributed by atoms with Gasteiger partial charge in [0.15, 0.2) is 0 Å². The zero-order valence-corrected chi connectivity index (χ0v) is 6.84. The summed E-state index contributed by atoms with van der Waals surface area (Å²) in [5.41, 5.74) is 0. The van der Waals surface area contributed by atoms with Gasteiger partial charge in [0.2, 0.25) is 6.41 Å². The number of nitrogens with one attached hydrogen (secondary N) is 1. The van der Waals surface area contributed by atoms with Crippen molar-refractivity contribution >= 4 is 12.4 Å². The Morgan fingerprint density at radius 2 is 2.31 bits per heavy atom. The van der Waals surface area contributed by atoms with E-state index in [9.17, 15) is 14.7 Å². The van der Waals surface area contributed by atoms with Crippen LogP contribution in [0.3, 0.4) is 0 Å². The molecule has 1 aliphatic heterocycles. The second-order valence-electron chi connectivity index (χ2n) is 2.87. The van der Waals surface area contributed by atoms with Gasteiger partial charge in [-0.25, -0.2) is 4.79 Å². The van der Waals surface area contributed by atoms with Gasteiger partial charge in [0, 0.05) is 5.92 Å². The highest BCUT2D eigenvalue weighted by molar-refractivity contribution is 5.76. The van der Waals surface area contributed by atoms with E-state index in [1.54, 1.807) is 0 Å². The first kappa shape index (κ1) is 9.94. The van der Waals surface area contributed by atoms with E-state index in [2.05, 4.69) is 5.32 Å². The van der Waals surface area contributed by atoms with E-state index in [1.807, 2.05) is 0 Å². The van der Waals surface area contributed by atoms with E-state index >= 15 is 0 Å². The third-order valence-electron chi connectivity index (χ3n) is 2.03. The van der Waals surface area contributed by atoms with Gasteiger partial charge in [-0.2, -0.15) is 0 Å². The maximum atomic E-state index is 10.6. The molecule has 1 fully saturated rings. The largest absolute Gasteiger partial charge is 0.480 e. The second kappa shape index (κ2) is 4.20. The van der Waals surface area contributed by atoms with Gasteiger partial charge in [0.05, 0.1) is 19.3 Å². The quantitative estimate of drug-likeness (QED) is 0.453.